The number of β-amino-alcohol motifs (C(OH)–C–C–N with tert-alkyl or cyclic N) is 1. The Morgan fingerprint density at radius 2 is 1.75 bits per heavy atom. The molecule has 1 fully saturated rings. The number of aliphatic hydroxyl groups excluding tert-OH is 1. The summed E-state index contributed by atoms with van der Waals surface area (Å²) in [6, 6.07) is 18.7. The third-order valence-corrected chi connectivity index (χ3v) is 7.01. The molecule has 0 radical (unpaired) electrons. The second kappa shape index (κ2) is 9.32. The van der Waals surface area contributed by atoms with Crippen molar-refractivity contribution in [1.82, 2.24) is 14.4 Å². The summed E-state index contributed by atoms with van der Waals surface area (Å²) in [5, 5.41) is 11.1. The van der Waals surface area contributed by atoms with Gasteiger partial charge < -0.3 is 14.6 Å². The lowest BCUT2D eigenvalue weighted by molar-refractivity contribution is -0.113. The van der Waals surface area contributed by atoms with Crippen LogP contribution in [0.4, 0.5) is 0 Å². The number of rotatable bonds is 5. The van der Waals surface area contributed by atoms with Crippen molar-refractivity contribution in [3.05, 3.63) is 76.8 Å². The van der Waals surface area contributed by atoms with E-state index in [4.69, 9.17) is 5.11 Å². The fraction of sp³-hybridized carbons (Fsp3) is 0.280. The van der Waals surface area contributed by atoms with Crippen LogP contribution in [-0.4, -0.2) is 69.9 Å². The van der Waals surface area contributed by atoms with Gasteiger partial charge in [0.2, 0.25) is 0 Å². The number of piperazine rings is 1. The molecule has 2 aromatic carbocycles. The van der Waals surface area contributed by atoms with Crippen LogP contribution in [0.2, 0.25) is 0 Å². The van der Waals surface area contributed by atoms with Crippen molar-refractivity contribution in [1.29, 1.82) is 0 Å². The minimum Gasteiger partial charge on any atom is -0.395 e. The first-order valence-corrected chi connectivity index (χ1v) is 11.8. The number of para-hydroxylation sites is 1. The summed E-state index contributed by atoms with van der Waals surface area (Å²) >= 11 is 1.47. The average molecular weight is 447 g/mol. The molecule has 2 aliphatic heterocycles. The molecule has 0 bridgehead atoms. The molecule has 1 saturated heterocycles. The predicted molar refractivity (Wildman–Crippen MR) is 131 cm³/mol. The second-order valence-electron chi connectivity index (χ2n) is 8.08. The number of benzene rings is 2. The van der Waals surface area contributed by atoms with Crippen molar-refractivity contribution in [3.8, 4) is 0 Å². The van der Waals surface area contributed by atoms with Gasteiger partial charge >= 0.3 is 0 Å². The van der Waals surface area contributed by atoms with Crippen LogP contribution in [0.25, 0.3) is 17.0 Å². The van der Waals surface area contributed by atoms with Crippen LogP contribution in [-0.2, 0) is 11.3 Å². The molecule has 2 aliphatic rings. The van der Waals surface area contributed by atoms with Gasteiger partial charge in [-0.15, -0.1) is 0 Å². The number of nitrogens with zero attached hydrogens (tertiary/aromatic N) is 4. The largest absolute Gasteiger partial charge is 0.395 e. The molecule has 0 saturated carbocycles. The third-order valence-electron chi connectivity index (χ3n) is 5.97. The Bertz CT molecular complexity index is 1180. The van der Waals surface area contributed by atoms with E-state index >= 15 is 0 Å². The van der Waals surface area contributed by atoms with E-state index in [9.17, 15) is 4.79 Å². The fourth-order valence-corrected chi connectivity index (χ4v) is 5.24. The molecule has 32 heavy (non-hydrogen) atoms. The number of aliphatic hydroxyl groups is 1. The van der Waals surface area contributed by atoms with E-state index in [2.05, 4.69) is 62.0 Å². The summed E-state index contributed by atoms with van der Waals surface area (Å²) in [5.74, 6) is -0.164. The SMILES string of the molecule is O=C1N=C(N2CCN(CCO)CC2)S/C1=C\c1cn(Cc2ccccc2)c2ccccc12. The van der Waals surface area contributed by atoms with Gasteiger partial charge in [-0.3, -0.25) is 9.69 Å². The molecule has 0 spiro atoms. The normalized spacial score (nSPS) is 18.7. The van der Waals surface area contributed by atoms with Crippen LogP contribution in [0.15, 0.2) is 70.7 Å². The number of aliphatic imine (C=N–C) groups is 1. The minimum atomic E-state index is -0.164. The lowest BCUT2D eigenvalue weighted by atomic mass is 10.1. The van der Waals surface area contributed by atoms with E-state index in [1.54, 1.807) is 0 Å². The predicted octanol–water partition coefficient (Wildman–Crippen LogP) is 3.27. The molecule has 6 nitrogen and oxygen atoms in total. The van der Waals surface area contributed by atoms with Crippen molar-refractivity contribution >= 4 is 39.8 Å². The van der Waals surface area contributed by atoms with Crippen LogP contribution in [0, 0.1) is 0 Å². The first-order chi connectivity index (χ1) is 15.7. The number of carbonyl (C=O) groups excluding carboxylic acids is 1. The Kier molecular flexibility index (Phi) is 6.12. The first-order valence-electron chi connectivity index (χ1n) is 10.9. The Morgan fingerprint density at radius 3 is 2.53 bits per heavy atom. The number of aromatic nitrogens is 1. The molecule has 164 valence electrons. The van der Waals surface area contributed by atoms with Crippen LogP contribution in [0.3, 0.4) is 0 Å². The molecule has 5 rings (SSSR count). The molecule has 1 N–H and O–H groups in total. The van der Waals surface area contributed by atoms with Gasteiger partial charge in [0, 0.05) is 61.9 Å². The van der Waals surface area contributed by atoms with E-state index in [0.29, 0.717) is 11.4 Å². The maximum Gasteiger partial charge on any atom is 0.286 e. The van der Waals surface area contributed by atoms with Gasteiger partial charge in [0.25, 0.3) is 5.91 Å². The van der Waals surface area contributed by atoms with Crippen LogP contribution < -0.4 is 0 Å². The van der Waals surface area contributed by atoms with Crippen molar-refractivity contribution in [2.75, 3.05) is 39.3 Å². The Morgan fingerprint density at radius 1 is 1.00 bits per heavy atom. The number of hydrogen-bond donors (Lipinski definition) is 1. The van der Waals surface area contributed by atoms with Gasteiger partial charge in [-0.25, -0.2) is 0 Å². The summed E-state index contributed by atoms with van der Waals surface area (Å²) in [4.78, 5) is 22.1. The maximum absolute atomic E-state index is 12.7. The van der Waals surface area contributed by atoms with Gasteiger partial charge in [0.05, 0.1) is 11.5 Å². The van der Waals surface area contributed by atoms with Crippen molar-refractivity contribution < 1.29 is 9.90 Å². The topological polar surface area (TPSA) is 61.1 Å². The Labute approximate surface area is 191 Å². The van der Waals surface area contributed by atoms with Gasteiger partial charge in [-0.2, -0.15) is 4.99 Å². The highest BCUT2D eigenvalue weighted by Crippen LogP contribution is 2.33. The van der Waals surface area contributed by atoms with Crippen molar-refractivity contribution in [3.63, 3.8) is 0 Å². The van der Waals surface area contributed by atoms with E-state index < -0.39 is 0 Å². The number of carbonyl (C=O) groups is 1. The molecule has 3 aromatic rings. The summed E-state index contributed by atoms with van der Waals surface area (Å²) in [6.45, 7) is 5.06. The van der Waals surface area contributed by atoms with E-state index in [1.165, 1.54) is 17.3 Å². The highest BCUT2D eigenvalue weighted by Gasteiger charge is 2.28. The molecular weight excluding hydrogens is 420 g/mol. The average Bonchev–Trinajstić information content (AvgIpc) is 3.36. The van der Waals surface area contributed by atoms with Crippen molar-refractivity contribution in [2.45, 2.75) is 6.54 Å². The van der Waals surface area contributed by atoms with Gasteiger partial charge in [-0.05, 0) is 29.5 Å². The van der Waals surface area contributed by atoms with Crippen molar-refractivity contribution in [2.24, 2.45) is 4.99 Å². The zero-order valence-corrected chi connectivity index (χ0v) is 18.7. The molecule has 0 atom stereocenters. The summed E-state index contributed by atoms with van der Waals surface area (Å²) in [6.07, 6.45) is 4.11. The monoisotopic (exact) mass is 446 g/mol. The first kappa shape index (κ1) is 21.0. The van der Waals surface area contributed by atoms with Gasteiger partial charge in [0.15, 0.2) is 5.17 Å². The zero-order chi connectivity index (χ0) is 21.9. The van der Waals surface area contributed by atoms with E-state index in [0.717, 1.165) is 54.4 Å². The number of fused-ring (bicyclic) bond motifs is 1. The lowest BCUT2D eigenvalue weighted by Gasteiger charge is -2.34. The smallest absolute Gasteiger partial charge is 0.286 e. The van der Waals surface area contributed by atoms with Crippen LogP contribution in [0.1, 0.15) is 11.1 Å². The summed E-state index contributed by atoms with van der Waals surface area (Å²) in [7, 11) is 0. The van der Waals surface area contributed by atoms with Gasteiger partial charge in [-0.1, -0.05) is 48.5 Å². The lowest BCUT2D eigenvalue weighted by Crippen LogP contribution is -2.48. The molecule has 0 aliphatic carbocycles. The fourth-order valence-electron chi connectivity index (χ4n) is 4.28. The molecule has 0 unspecified atom stereocenters. The number of thioether (sulfide) groups is 1. The molecule has 1 amide bonds. The second-order valence-corrected chi connectivity index (χ2v) is 9.09. The standard InChI is InChI=1S/C25H26N4O2S/c30-15-14-27-10-12-28(13-11-27)25-26-24(31)23(32-25)16-20-18-29(17-19-6-2-1-3-7-19)22-9-5-4-8-21(20)22/h1-9,16,18,30H,10-15,17H2/b23-16-. The minimum absolute atomic E-state index is 0.164. The van der Waals surface area contributed by atoms with E-state index in [1.807, 2.05) is 24.3 Å². The quantitative estimate of drug-likeness (QED) is 0.610. The molecule has 1 aromatic heterocycles. The third kappa shape index (κ3) is 4.37. The number of hydrogen-bond acceptors (Lipinski definition) is 5. The molecular formula is C25H26N4O2S. The highest BCUT2D eigenvalue weighted by atomic mass is 32.2. The van der Waals surface area contributed by atoms with Crippen LogP contribution in [0.5, 0.6) is 0 Å². The number of amidine groups is 1. The van der Waals surface area contributed by atoms with Gasteiger partial charge in [0.1, 0.15) is 0 Å². The summed E-state index contributed by atoms with van der Waals surface area (Å²) in [5.41, 5.74) is 3.43. The van der Waals surface area contributed by atoms with E-state index in [-0.39, 0.29) is 12.5 Å². The number of amides is 1. The molecule has 3 heterocycles. The molecule has 7 heteroatoms. The van der Waals surface area contributed by atoms with Crippen LogP contribution >= 0.6 is 11.8 Å². The highest BCUT2D eigenvalue weighted by molar-refractivity contribution is 8.18. The Balaban J connectivity index is 1.36. The summed E-state index contributed by atoms with van der Waals surface area (Å²) < 4.78 is 2.24. The Hall–Kier alpha value is -2.87. The maximum atomic E-state index is 12.7. The zero-order valence-electron chi connectivity index (χ0n) is 17.9.